The summed E-state index contributed by atoms with van der Waals surface area (Å²) in [6, 6.07) is 7.53. The first-order valence-electron chi connectivity index (χ1n) is 6.09. The fourth-order valence-corrected chi connectivity index (χ4v) is 1.81. The molecule has 0 aliphatic heterocycles. The molecule has 20 heavy (non-hydrogen) atoms. The van der Waals surface area contributed by atoms with Gasteiger partial charge >= 0.3 is 0 Å². The van der Waals surface area contributed by atoms with E-state index in [1.807, 2.05) is 0 Å². The van der Waals surface area contributed by atoms with Gasteiger partial charge in [-0.15, -0.1) is 0 Å². The van der Waals surface area contributed by atoms with E-state index in [0.717, 1.165) is 17.7 Å². The second-order valence-corrected chi connectivity index (χ2v) is 4.35. The summed E-state index contributed by atoms with van der Waals surface area (Å²) in [4.78, 5) is 0. The van der Waals surface area contributed by atoms with Crippen LogP contribution in [0.5, 0.6) is 5.75 Å². The molecule has 0 atom stereocenters. The molecule has 0 radical (unpaired) electrons. The first-order valence-corrected chi connectivity index (χ1v) is 6.09. The minimum absolute atomic E-state index is 0.0887. The van der Waals surface area contributed by atoms with Crippen LogP contribution in [-0.4, -0.2) is 7.05 Å². The Morgan fingerprint density at radius 1 is 1.00 bits per heavy atom. The SMILES string of the molecule is CNCc1cc(F)cc(OCc2ccc(F)cc2F)c1. The Hall–Kier alpha value is -2.01. The Bertz CT molecular complexity index is 602. The minimum atomic E-state index is -0.683. The quantitative estimate of drug-likeness (QED) is 0.907. The molecule has 0 heterocycles. The molecule has 0 aliphatic rings. The third-order valence-electron chi connectivity index (χ3n) is 2.72. The molecule has 5 heteroatoms. The highest BCUT2D eigenvalue weighted by atomic mass is 19.1. The van der Waals surface area contributed by atoms with Gasteiger partial charge in [0.25, 0.3) is 0 Å². The van der Waals surface area contributed by atoms with E-state index < -0.39 is 17.5 Å². The number of ether oxygens (including phenoxy) is 1. The van der Waals surface area contributed by atoms with Crippen LogP contribution in [0.3, 0.4) is 0 Å². The Morgan fingerprint density at radius 3 is 2.50 bits per heavy atom. The van der Waals surface area contributed by atoms with Gasteiger partial charge < -0.3 is 10.1 Å². The molecule has 2 rings (SSSR count). The van der Waals surface area contributed by atoms with Crippen LogP contribution in [0.2, 0.25) is 0 Å². The van der Waals surface area contributed by atoms with E-state index in [4.69, 9.17) is 4.74 Å². The van der Waals surface area contributed by atoms with Crippen LogP contribution in [0.25, 0.3) is 0 Å². The Balaban J connectivity index is 2.10. The monoisotopic (exact) mass is 281 g/mol. The van der Waals surface area contributed by atoms with Gasteiger partial charge in [-0.2, -0.15) is 0 Å². The van der Waals surface area contributed by atoms with Crippen molar-refractivity contribution in [3.05, 3.63) is 65.0 Å². The third kappa shape index (κ3) is 3.74. The first kappa shape index (κ1) is 14.4. The molecule has 0 aromatic heterocycles. The van der Waals surface area contributed by atoms with Gasteiger partial charge in [0.05, 0.1) is 0 Å². The van der Waals surface area contributed by atoms with Crippen molar-refractivity contribution in [2.75, 3.05) is 7.05 Å². The molecule has 0 spiro atoms. The highest BCUT2D eigenvalue weighted by molar-refractivity contribution is 5.30. The topological polar surface area (TPSA) is 21.3 Å². The lowest BCUT2D eigenvalue weighted by molar-refractivity contribution is 0.297. The van der Waals surface area contributed by atoms with Crippen LogP contribution in [0, 0.1) is 17.5 Å². The van der Waals surface area contributed by atoms with E-state index in [2.05, 4.69) is 5.32 Å². The second-order valence-electron chi connectivity index (χ2n) is 4.35. The summed E-state index contributed by atoms with van der Waals surface area (Å²) in [5, 5.41) is 2.90. The molecule has 2 aromatic carbocycles. The summed E-state index contributed by atoms with van der Waals surface area (Å²) in [5.74, 6) is -1.45. The largest absolute Gasteiger partial charge is 0.489 e. The molecule has 0 saturated heterocycles. The van der Waals surface area contributed by atoms with Crippen molar-refractivity contribution in [3.63, 3.8) is 0 Å². The molecule has 0 amide bonds. The molecular weight excluding hydrogens is 267 g/mol. The number of hydrogen-bond donors (Lipinski definition) is 1. The number of halogens is 3. The first-order chi connectivity index (χ1) is 9.58. The zero-order valence-corrected chi connectivity index (χ0v) is 10.9. The summed E-state index contributed by atoms with van der Waals surface area (Å²) < 4.78 is 44.9. The van der Waals surface area contributed by atoms with Crippen molar-refractivity contribution in [2.24, 2.45) is 0 Å². The predicted molar refractivity (Wildman–Crippen MR) is 69.9 cm³/mol. The molecule has 0 aliphatic carbocycles. The lowest BCUT2D eigenvalue weighted by Crippen LogP contribution is -2.06. The van der Waals surface area contributed by atoms with E-state index in [1.54, 1.807) is 13.1 Å². The van der Waals surface area contributed by atoms with Crippen molar-refractivity contribution in [3.8, 4) is 5.75 Å². The smallest absolute Gasteiger partial charge is 0.132 e. The summed E-state index contributed by atoms with van der Waals surface area (Å²) in [7, 11) is 1.75. The fourth-order valence-electron chi connectivity index (χ4n) is 1.81. The molecule has 1 N–H and O–H groups in total. The standard InChI is InChI=1S/C15H14F3NO/c1-19-8-10-4-13(17)6-14(5-10)20-9-11-2-3-12(16)7-15(11)18/h2-7,19H,8-9H2,1H3. The zero-order valence-electron chi connectivity index (χ0n) is 10.9. The number of rotatable bonds is 5. The molecule has 106 valence electrons. The third-order valence-corrected chi connectivity index (χ3v) is 2.72. The zero-order chi connectivity index (χ0) is 14.5. The van der Waals surface area contributed by atoms with Crippen molar-refractivity contribution in [2.45, 2.75) is 13.2 Å². The Morgan fingerprint density at radius 2 is 1.80 bits per heavy atom. The maximum Gasteiger partial charge on any atom is 0.132 e. The van der Waals surface area contributed by atoms with Crippen LogP contribution in [0.1, 0.15) is 11.1 Å². The number of benzene rings is 2. The maximum atomic E-state index is 13.4. The van der Waals surface area contributed by atoms with Gasteiger partial charge in [-0.05, 0) is 36.9 Å². The van der Waals surface area contributed by atoms with E-state index in [0.29, 0.717) is 12.3 Å². The van der Waals surface area contributed by atoms with E-state index in [9.17, 15) is 13.2 Å². The maximum absolute atomic E-state index is 13.4. The summed E-state index contributed by atoms with van der Waals surface area (Å²) in [6.07, 6.45) is 0. The van der Waals surface area contributed by atoms with Gasteiger partial charge in [-0.25, -0.2) is 13.2 Å². The van der Waals surface area contributed by atoms with Crippen molar-refractivity contribution >= 4 is 0 Å². The van der Waals surface area contributed by atoms with Gasteiger partial charge in [0.2, 0.25) is 0 Å². The van der Waals surface area contributed by atoms with Crippen molar-refractivity contribution in [1.29, 1.82) is 0 Å². The Kier molecular flexibility index (Phi) is 4.63. The lowest BCUT2D eigenvalue weighted by atomic mass is 10.2. The Labute approximate surface area is 115 Å². The molecule has 0 fully saturated rings. The predicted octanol–water partition coefficient (Wildman–Crippen LogP) is 3.40. The van der Waals surface area contributed by atoms with Crippen molar-refractivity contribution in [1.82, 2.24) is 5.32 Å². The average Bonchev–Trinajstić information content (AvgIpc) is 2.37. The van der Waals surface area contributed by atoms with Crippen molar-refractivity contribution < 1.29 is 17.9 Å². The van der Waals surface area contributed by atoms with Gasteiger partial charge in [-0.1, -0.05) is 0 Å². The number of hydrogen-bond acceptors (Lipinski definition) is 2. The van der Waals surface area contributed by atoms with E-state index >= 15 is 0 Å². The molecule has 0 saturated carbocycles. The molecule has 2 aromatic rings. The van der Waals surface area contributed by atoms with Crippen LogP contribution in [0.15, 0.2) is 36.4 Å². The molecule has 0 unspecified atom stereocenters. The van der Waals surface area contributed by atoms with Crippen LogP contribution in [0.4, 0.5) is 13.2 Å². The highest BCUT2D eigenvalue weighted by Crippen LogP contribution is 2.19. The highest BCUT2D eigenvalue weighted by Gasteiger charge is 2.06. The van der Waals surface area contributed by atoms with E-state index in [1.165, 1.54) is 18.2 Å². The molecular formula is C15H14F3NO. The van der Waals surface area contributed by atoms with Gasteiger partial charge in [0.15, 0.2) is 0 Å². The van der Waals surface area contributed by atoms with Gasteiger partial charge in [-0.3, -0.25) is 0 Å². The normalized spacial score (nSPS) is 10.6. The van der Waals surface area contributed by atoms with Gasteiger partial charge in [0.1, 0.15) is 29.8 Å². The van der Waals surface area contributed by atoms with Crippen LogP contribution >= 0.6 is 0 Å². The van der Waals surface area contributed by atoms with Crippen LogP contribution < -0.4 is 10.1 Å². The average molecular weight is 281 g/mol. The summed E-state index contributed by atoms with van der Waals surface area (Å²) in [6.45, 7) is 0.410. The number of nitrogens with one attached hydrogen (secondary N) is 1. The van der Waals surface area contributed by atoms with Gasteiger partial charge in [0, 0.05) is 24.2 Å². The minimum Gasteiger partial charge on any atom is -0.489 e. The van der Waals surface area contributed by atoms with E-state index in [-0.39, 0.29) is 12.2 Å². The fraction of sp³-hybridized carbons (Fsp3) is 0.200. The lowest BCUT2D eigenvalue weighted by Gasteiger charge is -2.09. The summed E-state index contributed by atoms with van der Waals surface area (Å²) in [5.41, 5.74) is 0.938. The molecule has 0 bridgehead atoms. The van der Waals surface area contributed by atoms with Crippen LogP contribution in [-0.2, 0) is 13.2 Å². The second kappa shape index (κ2) is 6.43. The molecule has 2 nitrogen and oxygen atoms in total. The summed E-state index contributed by atoms with van der Waals surface area (Å²) >= 11 is 0.